The molecule has 3 heteroatoms. The summed E-state index contributed by atoms with van der Waals surface area (Å²) in [7, 11) is 0. The summed E-state index contributed by atoms with van der Waals surface area (Å²) in [5, 5.41) is 0. The molecule has 0 spiro atoms. The summed E-state index contributed by atoms with van der Waals surface area (Å²) in [6.07, 6.45) is 3.58. The van der Waals surface area contributed by atoms with Gasteiger partial charge in [-0.15, -0.1) is 0 Å². The van der Waals surface area contributed by atoms with Crippen LogP contribution in [-0.4, -0.2) is 29.9 Å². The van der Waals surface area contributed by atoms with E-state index in [9.17, 15) is 4.79 Å². The molecule has 0 radical (unpaired) electrons. The van der Waals surface area contributed by atoms with E-state index in [2.05, 4.69) is 54.3 Å². The van der Waals surface area contributed by atoms with Crippen LogP contribution in [0.2, 0.25) is 0 Å². The lowest BCUT2D eigenvalue weighted by Gasteiger charge is -2.39. The Morgan fingerprint density at radius 3 is 2.68 bits per heavy atom. The largest absolute Gasteiger partial charge is 0.310 e. The summed E-state index contributed by atoms with van der Waals surface area (Å²) in [6, 6.07) is 15.0. The standard InChI is InChI=1S/C22H26N2O/c1-16-6-3-4-7-20(16)15-23-12-13-24(22(25)17(23)2)21-11-10-18-8-5-9-19(18)14-21/h3-4,6-7,10-11,14,17H,5,8-9,12-13,15H2,1-2H3/t17-/m1/s1. The predicted octanol–water partition coefficient (Wildman–Crippen LogP) is 3.72. The molecule has 1 heterocycles. The van der Waals surface area contributed by atoms with E-state index >= 15 is 0 Å². The van der Waals surface area contributed by atoms with Crippen molar-refractivity contribution in [1.82, 2.24) is 4.90 Å². The number of benzene rings is 2. The molecular formula is C22H26N2O. The van der Waals surface area contributed by atoms with Crippen molar-refractivity contribution in [2.24, 2.45) is 0 Å². The smallest absolute Gasteiger partial charge is 0.244 e. The minimum absolute atomic E-state index is 0.0818. The number of fused-ring (bicyclic) bond motifs is 1. The summed E-state index contributed by atoms with van der Waals surface area (Å²) >= 11 is 0. The Labute approximate surface area is 150 Å². The molecule has 0 bridgehead atoms. The average molecular weight is 334 g/mol. The highest BCUT2D eigenvalue weighted by Crippen LogP contribution is 2.29. The second kappa shape index (κ2) is 6.64. The molecule has 130 valence electrons. The number of nitrogens with zero attached hydrogens (tertiary/aromatic N) is 2. The van der Waals surface area contributed by atoms with Crippen molar-refractivity contribution in [2.75, 3.05) is 18.0 Å². The fourth-order valence-corrected chi connectivity index (χ4v) is 4.12. The van der Waals surface area contributed by atoms with Crippen LogP contribution in [0.4, 0.5) is 5.69 Å². The van der Waals surface area contributed by atoms with Crippen molar-refractivity contribution < 1.29 is 4.79 Å². The molecular weight excluding hydrogens is 308 g/mol. The highest BCUT2D eigenvalue weighted by Gasteiger charge is 2.32. The average Bonchev–Trinajstić information content (AvgIpc) is 3.08. The number of amides is 1. The highest BCUT2D eigenvalue weighted by molar-refractivity contribution is 5.97. The van der Waals surface area contributed by atoms with E-state index < -0.39 is 0 Å². The summed E-state index contributed by atoms with van der Waals surface area (Å²) in [6.45, 7) is 6.71. The van der Waals surface area contributed by atoms with Crippen molar-refractivity contribution in [3.8, 4) is 0 Å². The van der Waals surface area contributed by atoms with E-state index in [0.717, 1.165) is 31.7 Å². The zero-order chi connectivity index (χ0) is 17.4. The third-order valence-corrected chi connectivity index (χ3v) is 5.81. The van der Waals surface area contributed by atoms with Gasteiger partial charge in [-0.3, -0.25) is 9.69 Å². The lowest BCUT2D eigenvalue weighted by Crippen LogP contribution is -2.55. The van der Waals surface area contributed by atoms with Gasteiger partial charge in [0.15, 0.2) is 0 Å². The minimum Gasteiger partial charge on any atom is -0.310 e. The molecule has 1 aliphatic carbocycles. The van der Waals surface area contributed by atoms with E-state index in [4.69, 9.17) is 0 Å². The van der Waals surface area contributed by atoms with Gasteiger partial charge in [-0.25, -0.2) is 0 Å². The SMILES string of the molecule is Cc1ccccc1CN1CCN(c2ccc3c(c2)CCC3)C(=O)[C@H]1C. The van der Waals surface area contributed by atoms with Gasteiger partial charge in [0.25, 0.3) is 0 Å². The van der Waals surface area contributed by atoms with Gasteiger partial charge in [0, 0.05) is 25.3 Å². The van der Waals surface area contributed by atoms with Gasteiger partial charge in [0.05, 0.1) is 6.04 Å². The maximum absolute atomic E-state index is 13.0. The van der Waals surface area contributed by atoms with Gasteiger partial charge < -0.3 is 4.90 Å². The van der Waals surface area contributed by atoms with Crippen LogP contribution in [0.15, 0.2) is 42.5 Å². The molecule has 0 unspecified atom stereocenters. The van der Waals surface area contributed by atoms with Crippen molar-refractivity contribution in [2.45, 2.75) is 45.7 Å². The van der Waals surface area contributed by atoms with Crippen LogP contribution in [0.3, 0.4) is 0 Å². The molecule has 1 aliphatic heterocycles. The van der Waals surface area contributed by atoms with E-state index in [0.29, 0.717) is 0 Å². The fourth-order valence-electron chi connectivity index (χ4n) is 4.12. The summed E-state index contributed by atoms with van der Waals surface area (Å²) in [4.78, 5) is 17.3. The lowest BCUT2D eigenvalue weighted by atomic mass is 10.0. The molecule has 1 amide bonds. The number of anilines is 1. The second-order valence-electron chi connectivity index (χ2n) is 7.37. The van der Waals surface area contributed by atoms with Crippen LogP contribution in [0.5, 0.6) is 0 Å². The van der Waals surface area contributed by atoms with Crippen molar-refractivity contribution >= 4 is 11.6 Å². The number of carbonyl (C=O) groups is 1. The van der Waals surface area contributed by atoms with E-state index in [1.54, 1.807) is 0 Å². The Kier molecular flexibility index (Phi) is 4.34. The van der Waals surface area contributed by atoms with Gasteiger partial charge in [-0.1, -0.05) is 30.3 Å². The quantitative estimate of drug-likeness (QED) is 0.854. The van der Waals surface area contributed by atoms with Crippen LogP contribution < -0.4 is 4.90 Å². The Bertz CT molecular complexity index is 798. The van der Waals surface area contributed by atoms with E-state index in [-0.39, 0.29) is 11.9 Å². The fraction of sp³-hybridized carbons (Fsp3) is 0.409. The van der Waals surface area contributed by atoms with E-state index in [1.165, 1.54) is 35.1 Å². The Morgan fingerprint density at radius 1 is 1.04 bits per heavy atom. The molecule has 2 aromatic carbocycles. The molecule has 4 rings (SSSR count). The van der Waals surface area contributed by atoms with Gasteiger partial charge in [0.1, 0.15) is 0 Å². The molecule has 3 nitrogen and oxygen atoms in total. The Morgan fingerprint density at radius 2 is 1.84 bits per heavy atom. The minimum atomic E-state index is -0.0818. The topological polar surface area (TPSA) is 23.6 Å². The van der Waals surface area contributed by atoms with Crippen molar-refractivity contribution in [3.05, 3.63) is 64.7 Å². The van der Waals surface area contributed by atoms with Gasteiger partial charge >= 0.3 is 0 Å². The molecule has 1 saturated heterocycles. The Balaban J connectivity index is 1.50. The van der Waals surface area contributed by atoms with E-state index in [1.807, 2.05) is 11.8 Å². The number of piperazine rings is 1. The predicted molar refractivity (Wildman–Crippen MR) is 102 cm³/mol. The summed E-state index contributed by atoms with van der Waals surface area (Å²) in [5.74, 6) is 0.220. The van der Waals surface area contributed by atoms with Crippen LogP contribution in [0, 0.1) is 6.92 Å². The number of carbonyl (C=O) groups excluding carboxylic acids is 1. The molecule has 2 aromatic rings. The molecule has 0 aromatic heterocycles. The number of rotatable bonds is 3. The summed E-state index contributed by atoms with van der Waals surface area (Å²) in [5.41, 5.74) is 6.58. The number of hydrogen-bond donors (Lipinski definition) is 0. The Hall–Kier alpha value is -2.13. The third-order valence-electron chi connectivity index (χ3n) is 5.81. The molecule has 25 heavy (non-hydrogen) atoms. The lowest BCUT2D eigenvalue weighted by molar-refractivity contribution is -0.125. The maximum atomic E-state index is 13.0. The zero-order valence-corrected chi connectivity index (χ0v) is 15.2. The normalized spacial score (nSPS) is 20.8. The first-order valence-electron chi connectivity index (χ1n) is 9.35. The van der Waals surface area contributed by atoms with Crippen LogP contribution in [0.25, 0.3) is 0 Å². The third kappa shape index (κ3) is 3.09. The monoisotopic (exact) mass is 334 g/mol. The number of hydrogen-bond acceptors (Lipinski definition) is 2. The zero-order valence-electron chi connectivity index (χ0n) is 15.2. The summed E-state index contributed by atoms with van der Waals surface area (Å²) < 4.78 is 0. The molecule has 1 fully saturated rings. The van der Waals surface area contributed by atoms with Crippen LogP contribution in [-0.2, 0) is 24.2 Å². The van der Waals surface area contributed by atoms with Gasteiger partial charge in [-0.05, 0) is 67.5 Å². The highest BCUT2D eigenvalue weighted by atomic mass is 16.2. The molecule has 0 saturated carbocycles. The van der Waals surface area contributed by atoms with Gasteiger partial charge in [-0.2, -0.15) is 0 Å². The number of aryl methyl sites for hydroxylation is 3. The second-order valence-corrected chi connectivity index (χ2v) is 7.37. The first-order chi connectivity index (χ1) is 12.1. The maximum Gasteiger partial charge on any atom is 0.244 e. The molecule has 2 aliphatic rings. The van der Waals surface area contributed by atoms with Crippen LogP contribution >= 0.6 is 0 Å². The molecule has 1 atom stereocenters. The molecule has 0 N–H and O–H groups in total. The first-order valence-corrected chi connectivity index (χ1v) is 9.35. The van der Waals surface area contributed by atoms with Gasteiger partial charge in [0.2, 0.25) is 5.91 Å². The van der Waals surface area contributed by atoms with Crippen molar-refractivity contribution in [3.63, 3.8) is 0 Å². The van der Waals surface area contributed by atoms with Crippen LogP contribution in [0.1, 0.15) is 35.6 Å². The first kappa shape index (κ1) is 16.3. The van der Waals surface area contributed by atoms with Crippen molar-refractivity contribution in [1.29, 1.82) is 0 Å².